The van der Waals surface area contributed by atoms with E-state index in [1.54, 1.807) is 0 Å². The van der Waals surface area contributed by atoms with E-state index in [2.05, 4.69) is 32.9 Å². The van der Waals surface area contributed by atoms with Crippen molar-refractivity contribution in [1.29, 1.82) is 0 Å². The molecular formula is C11H10IN3OS. The molecule has 1 heterocycles. The van der Waals surface area contributed by atoms with Crippen LogP contribution in [0.1, 0.15) is 15.2 Å². The Bertz CT molecular complexity index is 541. The van der Waals surface area contributed by atoms with Crippen LogP contribution in [0.25, 0.3) is 0 Å². The Morgan fingerprint density at radius 2 is 2.24 bits per heavy atom. The van der Waals surface area contributed by atoms with E-state index >= 15 is 0 Å². The summed E-state index contributed by atoms with van der Waals surface area (Å²) in [6, 6.07) is 7.92. The van der Waals surface area contributed by atoms with E-state index in [0.717, 1.165) is 9.13 Å². The fourth-order valence-corrected chi connectivity index (χ4v) is 2.48. The molecule has 1 aromatic heterocycles. The van der Waals surface area contributed by atoms with Crippen molar-refractivity contribution in [2.45, 2.75) is 6.54 Å². The zero-order valence-corrected chi connectivity index (χ0v) is 11.8. The van der Waals surface area contributed by atoms with E-state index in [-0.39, 0.29) is 5.91 Å². The number of nitrogens with zero attached hydrogens (tertiary/aromatic N) is 1. The molecule has 0 unspecified atom stereocenters. The van der Waals surface area contributed by atoms with Crippen molar-refractivity contribution in [2.75, 3.05) is 5.73 Å². The number of hydrogen-bond donors (Lipinski definition) is 2. The second-order valence-corrected chi connectivity index (χ2v) is 5.56. The van der Waals surface area contributed by atoms with Crippen molar-refractivity contribution in [3.63, 3.8) is 0 Å². The summed E-state index contributed by atoms with van der Waals surface area (Å²) < 4.78 is 1.13. The molecule has 0 bridgehead atoms. The van der Waals surface area contributed by atoms with Gasteiger partial charge in [-0.3, -0.25) is 4.79 Å². The number of nitrogens with one attached hydrogen (secondary N) is 1. The summed E-state index contributed by atoms with van der Waals surface area (Å²) in [6.07, 6.45) is 1.49. The molecule has 0 atom stereocenters. The molecule has 2 aromatic rings. The Hall–Kier alpha value is -1.15. The smallest absolute Gasteiger partial charge is 0.263 e. The number of nitrogen functional groups attached to an aromatic ring is 1. The number of hydrogen-bond acceptors (Lipinski definition) is 4. The molecule has 2 rings (SSSR count). The predicted octanol–water partition coefficient (Wildman–Crippen LogP) is 2.26. The predicted molar refractivity (Wildman–Crippen MR) is 76.9 cm³/mol. The maximum absolute atomic E-state index is 11.7. The van der Waals surface area contributed by atoms with Crippen LogP contribution in [-0.4, -0.2) is 10.9 Å². The van der Waals surface area contributed by atoms with Gasteiger partial charge in [0.25, 0.3) is 5.91 Å². The number of carbonyl (C=O) groups is 1. The van der Waals surface area contributed by atoms with E-state index in [9.17, 15) is 4.79 Å². The molecule has 3 N–H and O–H groups in total. The highest BCUT2D eigenvalue weighted by molar-refractivity contribution is 14.1. The molecule has 6 heteroatoms. The third-order valence-corrected chi connectivity index (χ3v) is 4.02. The third-order valence-electron chi connectivity index (χ3n) is 2.14. The quantitative estimate of drug-likeness (QED) is 0.827. The number of amides is 1. The van der Waals surface area contributed by atoms with Gasteiger partial charge in [-0.1, -0.05) is 29.5 Å². The van der Waals surface area contributed by atoms with Crippen LogP contribution in [0, 0.1) is 3.57 Å². The van der Waals surface area contributed by atoms with E-state index in [1.807, 2.05) is 24.3 Å². The Balaban J connectivity index is 1.99. The van der Waals surface area contributed by atoms with Gasteiger partial charge in [0, 0.05) is 10.1 Å². The maximum Gasteiger partial charge on any atom is 0.263 e. The summed E-state index contributed by atoms with van der Waals surface area (Å²) in [5.74, 6) is -0.140. The highest BCUT2D eigenvalue weighted by Crippen LogP contribution is 2.15. The summed E-state index contributed by atoms with van der Waals surface area (Å²) in [4.78, 5) is 16.1. The van der Waals surface area contributed by atoms with Crippen LogP contribution in [0.15, 0.2) is 30.5 Å². The number of rotatable bonds is 3. The summed E-state index contributed by atoms with van der Waals surface area (Å²) in [5, 5.41) is 3.25. The van der Waals surface area contributed by atoms with E-state index in [4.69, 9.17) is 5.73 Å². The topological polar surface area (TPSA) is 68.0 Å². The van der Waals surface area contributed by atoms with Gasteiger partial charge < -0.3 is 11.1 Å². The van der Waals surface area contributed by atoms with Gasteiger partial charge in [-0.2, -0.15) is 0 Å². The molecule has 0 spiro atoms. The first-order valence-corrected chi connectivity index (χ1v) is 6.79. The van der Waals surface area contributed by atoms with Crippen LogP contribution in [0.5, 0.6) is 0 Å². The molecule has 0 radical (unpaired) electrons. The molecule has 0 saturated heterocycles. The molecule has 0 saturated carbocycles. The molecule has 0 aliphatic carbocycles. The van der Waals surface area contributed by atoms with Crippen LogP contribution < -0.4 is 11.1 Å². The fourth-order valence-electron chi connectivity index (χ4n) is 1.30. The lowest BCUT2D eigenvalue weighted by Gasteiger charge is -2.05. The average molecular weight is 359 g/mol. The molecular weight excluding hydrogens is 349 g/mol. The number of aromatic nitrogens is 1. The molecule has 0 fully saturated rings. The van der Waals surface area contributed by atoms with Gasteiger partial charge in [-0.15, -0.1) is 0 Å². The first kappa shape index (κ1) is 12.3. The van der Waals surface area contributed by atoms with Crippen LogP contribution >= 0.6 is 33.9 Å². The zero-order valence-electron chi connectivity index (χ0n) is 8.81. The summed E-state index contributed by atoms with van der Waals surface area (Å²) in [6.45, 7) is 0.510. The van der Waals surface area contributed by atoms with Gasteiger partial charge >= 0.3 is 0 Å². The van der Waals surface area contributed by atoms with Gasteiger partial charge in [0.1, 0.15) is 4.88 Å². The Labute approximate surface area is 116 Å². The lowest BCUT2D eigenvalue weighted by Crippen LogP contribution is -2.22. The van der Waals surface area contributed by atoms with Gasteiger partial charge in [-0.05, 0) is 34.2 Å². The highest BCUT2D eigenvalue weighted by atomic mass is 127. The normalized spacial score (nSPS) is 10.2. The minimum atomic E-state index is -0.140. The largest absolute Gasteiger partial charge is 0.375 e. The number of halogens is 1. The van der Waals surface area contributed by atoms with Crippen LogP contribution in [0.2, 0.25) is 0 Å². The van der Waals surface area contributed by atoms with Crippen molar-refractivity contribution in [3.8, 4) is 0 Å². The Morgan fingerprint density at radius 1 is 1.47 bits per heavy atom. The average Bonchev–Trinajstić information content (AvgIpc) is 2.74. The summed E-state index contributed by atoms with van der Waals surface area (Å²) in [7, 11) is 0. The highest BCUT2D eigenvalue weighted by Gasteiger charge is 2.09. The van der Waals surface area contributed by atoms with E-state index in [1.165, 1.54) is 17.5 Å². The molecule has 17 heavy (non-hydrogen) atoms. The molecule has 0 aliphatic rings. The number of thiazole rings is 1. The minimum absolute atomic E-state index is 0.140. The third kappa shape index (κ3) is 3.16. The number of benzene rings is 1. The fraction of sp³-hybridized carbons (Fsp3) is 0.0909. The van der Waals surface area contributed by atoms with Gasteiger partial charge in [0.15, 0.2) is 5.13 Å². The van der Waals surface area contributed by atoms with Crippen LogP contribution in [-0.2, 0) is 6.54 Å². The second kappa shape index (κ2) is 5.46. The van der Waals surface area contributed by atoms with Crippen molar-refractivity contribution >= 4 is 45.0 Å². The Morgan fingerprint density at radius 3 is 2.88 bits per heavy atom. The van der Waals surface area contributed by atoms with Crippen LogP contribution in [0.3, 0.4) is 0 Å². The van der Waals surface area contributed by atoms with Crippen LogP contribution in [0.4, 0.5) is 5.13 Å². The van der Waals surface area contributed by atoms with E-state index in [0.29, 0.717) is 16.6 Å². The molecule has 1 amide bonds. The van der Waals surface area contributed by atoms with E-state index < -0.39 is 0 Å². The van der Waals surface area contributed by atoms with Crippen molar-refractivity contribution in [1.82, 2.24) is 10.3 Å². The first-order chi connectivity index (χ1) is 8.16. The van der Waals surface area contributed by atoms with Gasteiger partial charge in [-0.25, -0.2) is 4.98 Å². The summed E-state index contributed by atoms with van der Waals surface area (Å²) >= 11 is 3.43. The zero-order chi connectivity index (χ0) is 12.3. The molecule has 88 valence electrons. The second-order valence-electron chi connectivity index (χ2n) is 3.34. The monoisotopic (exact) mass is 359 g/mol. The Kier molecular flexibility index (Phi) is 3.95. The molecule has 1 aromatic carbocycles. The molecule has 0 aliphatic heterocycles. The molecule has 4 nitrogen and oxygen atoms in total. The lowest BCUT2D eigenvalue weighted by atomic mass is 10.2. The standard InChI is InChI=1S/C11H10IN3OS/c12-8-4-2-1-3-7(8)5-14-10(16)9-6-15-11(13)17-9/h1-4,6H,5H2,(H2,13,15)(H,14,16). The number of nitrogens with two attached hydrogens (primary N) is 1. The van der Waals surface area contributed by atoms with Crippen molar-refractivity contribution < 1.29 is 4.79 Å². The van der Waals surface area contributed by atoms with Gasteiger partial charge in [0.05, 0.1) is 6.20 Å². The van der Waals surface area contributed by atoms with Gasteiger partial charge in [0.2, 0.25) is 0 Å². The first-order valence-electron chi connectivity index (χ1n) is 4.89. The maximum atomic E-state index is 11.7. The number of carbonyl (C=O) groups excluding carboxylic acids is 1. The van der Waals surface area contributed by atoms with Crippen molar-refractivity contribution in [3.05, 3.63) is 44.5 Å². The summed E-state index contributed by atoms with van der Waals surface area (Å²) in [5.41, 5.74) is 6.57. The van der Waals surface area contributed by atoms with Crippen molar-refractivity contribution in [2.24, 2.45) is 0 Å². The number of anilines is 1. The minimum Gasteiger partial charge on any atom is -0.375 e. The lowest BCUT2D eigenvalue weighted by molar-refractivity contribution is 0.0954. The SMILES string of the molecule is Nc1ncc(C(=O)NCc2ccccc2I)s1.